The van der Waals surface area contributed by atoms with Crippen LogP contribution < -0.4 is 4.73 Å². The summed E-state index contributed by atoms with van der Waals surface area (Å²) in [6.07, 6.45) is 1.50. The van der Waals surface area contributed by atoms with Crippen molar-refractivity contribution in [2.45, 2.75) is 0 Å². The number of fused-ring (bicyclic) bond motifs is 1. The van der Waals surface area contributed by atoms with Gasteiger partial charge in [-0.3, -0.25) is 9.11 Å². The van der Waals surface area contributed by atoms with Crippen LogP contribution in [0.15, 0.2) is 42.6 Å². The molecule has 0 spiro atoms. The summed E-state index contributed by atoms with van der Waals surface area (Å²) in [6, 6.07) is 11.2. The van der Waals surface area contributed by atoms with Crippen molar-refractivity contribution in [3.8, 4) is 0 Å². The van der Waals surface area contributed by atoms with Crippen molar-refractivity contribution < 1.29 is 22.3 Å². The van der Waals surface area contributed by atoms with Gasteiger partial charge in [-0.25, -0.2) is 0 Å². The van der Waals surface area contributed by atoms with Crippen LogP contribution in [0.2, 0.25) is 0 Å². The number of aromatic nitrogens is 1. The van der Waals surface area contributed by atoms with E-state index in [0.717, 1.165) is 15.6 Å². The number of benzene rings is 1. The van der Waals surface area contributed by atoms with Crippen LogP contribution in [0, 0.1) is 5.21 Å². The molecule has 0 saturated heterocycles. The fourth-order valence-corrected chi connectivity index (χ4v) is 1.13. The van der Waals surface area contributed by atoms with Crippen molar-refractivity contribution in [3.63, 3.8) is 0 Å². The first-order chi connectivity index (χ1) is 7.38. The molecule has 6 nitrogen and oxygen atoms in total. The van der Waals surface area contributed by atoms with Crippen LogP contribution in [0.5, 0.6) is 0 Å². The maximum absolute atomic E-state index is 11.1. The standard InChI is InChI=1S/C9H7NO.H2O4S/c11-10-7-3-5-8-4-1-2-6-9(8)10;1-5(2,3)4/h1-7H;(H2,1,2,3,4). The van der Waals surface area contributed by atoms with Crippen molar-refractivity contribution in [1.29, 1.82) is 0 Å². The molecule has 0 aliphatic carbocycles. The lowest BCUT2D eigenvalue weighted by Gasteiger charge is -1.98. The topological polar surface area (TPSA) is 102 Å². The number of hydrogen-bond donors (Lipinski definition) is 2. The third-order valence-electron chi connectivity index (χ3n) is 1.67. The lowest BCUT2D eigenvalue weighted by molar-refractivity contribution is -0.577. The molecule has 0 aliphatic rings. The minimum atomic E-state index is -4.67. The van der Waals surface area contributed by atoms with Crippen LogP contribution >= 0.6 is 0 Å². The third kappa shape index (κ3) is 4.22. The molecular weight excluding hydrogens is 234 g/mol. The van der Waals surface area contributed by atoms with Gasteiger partial charge in [-0.15, -0.1) is 0 Å². The predicted octanol–water partition coefficient (Wildman–Crippen LogP) is 0.820. The van der Waals surface area contributed by atoms with Gasteiger partial charge in [-0.2, -0.15) is 13.1 Å². The van der Waals surface area contributed by atoms with Crippen LogP contribution in [-0.2, 0) is 10.4 Å². The second kappa shape index (κ2) is 4.88. The summed E-state index contributed by atoms with van der Waals surface area (Å²) in [5, 5.41) is 12.1. The molecule has 0 saturated carbocycles. The Morgan fingerprint density at radius 2 is 1.56 bits per heavy atom. The van der Waals surface area contributed by atoms with E-state index in [1.54, 1.807) is 6.07 Å². The quantitative estimate of drug-likeness (QED) is 0.405. The Balaban J connectivity index is 0.000000221. The molecule has 2 N–H and O–H groups in total. The fourth-order valence-electron chi connectivity index (χ4n) is 1.13. The molecule has 0 unspecified atom stereocenters. The van der Waals surface area contributed by atoms with Gasteiger partial charge in [-0.05, 0) is 12.1 Å². The SMILES string of the molecule is O=S(=O)(O)O.[O-][n+]1cccc2ccccc21. The monoisotopic (exact) mass is 243 g/mol. The van der Waals surface area contributed by atoms with Crippen molar-refractivity contribution >= 4 is 21.3 Å². The van der Waals surface area contributed by atoms with E-state index in [0.29, 0.717) is 0 Å². The van der Waals surface area contributed by atoms with Crippen LogP contribution in [0.3, 0.4) is 0 Å². The molecule has 1 aromatic carbocycles. The summed E-state index contributed by atoms with van der Waals surface area (Å²) in [5.41, 5.74) is 0.718. The van der Waals surface area contributed by atoms with Gasteiger partial charge in [-0.1, -0.05) is 12.1 Å². The Kier molecular flexibility index (Phi) is 3.78. The molecule has 1 aromatic heterocycles. The Labute approximate surface area is 91.9 Å². The molecule has 0 bridgehead atoms. The second-order valence-electron chi connectivity index (χ2n) is 2.84. The van der Waals surface area contributed by atoms with E-state index < -0.39 is 10.4 Å². The Bertz CT molecular complexity index is 568. The Morgan fingerprint density at radius 1 is 1.06 bits per heavy atom. The number of rotatable bonds is 0. The smallest absolute Gasteiger partial charge is 0.394 e. The largest absolute Gasteiger partial charge is 0.618 e. The van der Waals surface area contributed by atoms with Crippen molar-refractivity contribution in [2.24, 2.45) is 0 Å². The lowest BCUT2D eigenvalue weighted by Crippen LogP contribution is -2.25. The Hall–Kier alpha value is -1.70. The highest BCUT2D eigenvalue weighted by molar-refractivity contribution is 7.79. The normalized spacial score (nSPS) is 10.6. The van der Waals surface area contributed by atoms with Gasteiger partial charge < -0.3 is 5.21 Å². The molecule has 0 radical (unpaired) electrons. The van der Waals surface area contributed by atoms with Gasteiger partial charge in [0.1, 0.15) is 0 Å². The van der Waals surface area contributed by atoms with E-state index in [2.05, 4.69) is 0 Å². The van der Waals surface area contributed by atoms with Crippen LogP contribution in [0.1, 0.15) is 0 Å². The molecular formula is C9H9NO5S. The van der Waals surface area contributed by atoms with Gasteiger partial charge >= 0.3 is 10.4 Å². The first-order valence-corrected chi connectivity index (χ1v) is 5.54. The number of pyridine rings is 1. The van der Waals surface area contributed by atoms with Gasteiger partial charge in [0.2, 0.25) is 5.52 Å². The molecule has 1 heterocycles. The molecule has 0 atom stereocenters. The van der Waals surface area contributed by atoms with Gasteiger partial charge in [0.15, 0.2) is 6.20 Å². The van der Waals surface area contributed by atoms with Gasteiger partial charge in [0, 0.05) is 17.5 Å². The molecule has 2 aromatic rings. The van der Waals surface area contributed by atoms with Crippen molar-refractivity contribution in [2.75, 3.05) is 0 Å². The second-order valence-corrected chi connectivity index (χ2v) is 3.74. The first kappa shape index (κ1) is 12.4. The maximum Gasteiger partial charge on any atom is 0.394 e. The van der Waals surface area contributed by atoms with Crippen LogP contribution in [0.4, 0.5) is 0 Å². The summed E-state index contributed by atoms with van der Waals surface area (Å²) >= 11 is 0. The molecule has 0 amide bonds. The Morgan fingerprint density at radius 3 is 2.12 bits per heavy atom. The molecule has 16 heavy (non-hydrogen) atoms. The molecule has 2 rings (SSSR count). The molecule has 0 fully saturated rings. The lowest BCUT2D eigenvalue weighted by atomic mass is 10.2. The zero-order valence-corrected chi connectivity index (χ0v) is 8.83. The first-order valence-electron chi connectivity index (χ1n) is 4.15. The summed E-state index contributed by atoms with van der Waals surface area (Å²) in [4.78, 5) is 0. The summed E-state index contributed by atoms with van der Waals surface area (Å²) < 4.78 is 32.5. The third-order valence-corrected chi connectivity index (χ3v) is 1.67. The molecule has 7 heteroatoms. The van der Waals surface area contributed by atoms with Gasteiger partial charge in [0.05, 0.1) is 0 Å². The molecule has 86 valence electrons. The van der Waals surface area contributed by atoms with E-state index in [9.17, 15) is 5.21 Å². The summed E-state index contributed by atoms with van der Waals surface area (Å²) in [7, 11) is -4.67. The highest BCUT2D eigenvalue weighted by atomic mass is 32.3. The summed E-state index contributed by atoms with van der Waals surface area (Å²) in [6.45, 7) is 0. The number of nitrogens with zero attached hydrogens (tertiary/aromatic N) is 1. The average Bonchev–Trinajstić information content (AvgIpc) is 2.16. The van der Waals surface area contributed by atoms with E-state index >= 15 is 0 Å². The fraction of sp³-hybridized carbons (Fsp3) is 0. The molecule has 0 aliphatic heterocycles. The zero-order valence-electron chi connectivity index (χ0n) is 8.02. The van der Waals surface area contributed by atoms with E-state index in [4.69, 9.17) is 17.5 Å². The highest BCUT2D eigenvalue weighted by Gasteiger charge is 1.97. The van der Waals surface area contributed by atoms with Crippen LogP contribution in [-0.4, -0.2) is 17.5 Å². The van der Waals surface area contributed by atoms with E-state index in [1.807, 2.05) is 30.3 Å². The summed E-state index contributed by atoms with van der Waals surface area (Å²) in [5.74, 6) is 0. The number of hydrogen-bond acceptors (Lipinski definition) is 3. The zero-order chi connectivity index (χ0) is 12.2. The highest BCUT2D eigenvalue weighted by Crippen LogP contribution is 2.06. The van der Waals surface area contributed by atoms with Crippen molar-refractivity contribution in [1.82, 2.24) is 0 Å². The average molecular weight is 243 g/mol. The van der Waals surface area contributed by atoms with Crippen LogP contribution in [0.25, 0.3) is 10.9 Å². The number of para-hydroxylation sites is 1. The minimum absolute atomic E-state index is 0.718. The van der Waals surface area contributed by atoms with E-state index in [1.165, 1.54) is 6.20 Å². The minimum Gasteiger partial charge on any atom is -0.618 e. The van der Waals surface area contributed by atoms with Gasteiger partial charge in [0.25, 0.3) is 0 Å². The maximum atomic E-state index is 11.1. The van der Waals surface area contributed by atoms with E-state index in [-0.39, 0.29) is 0 Å². The predicted molar refractivity (Wildman–Crippen MR) is 57.1 cm³/mol. The van der Waals surface area contributed by atoms with Crippen molar-refractivity contribution in [3.05, 3.63) is 47.8 Å².